The molecule has 148 valence electrons. The number of nitrogens with one attached hydrogen (secondary N) is 1. The Morgan fingerprint density at radius 2 is 1.75 bits per heavy atom. The van der Waals surface area contributed by atoms with Gasteiger partial charge in [-0.1, -0.05) is 15.9 Å². The maximum atomic E-state index is 12.3. The molecule has 2 aromatic carbocycles. The minimum Gasteiger partial charge on any atom is -0.493 e. The first-order valence-electron chi connectivity index (χ1n) is 8.36. The van der Waals surface area contributed by atoms with Crippen molar-refractivity contribution in [3.05, 3.63) is 58.1 Å². The second kappa shape index (κ2) is 9.36. The zero-order chi connectivity index (χ0) is 20.7. The molecular formula is C20H21BrN2O5. The highest BCUT2D eigenvalue weighted by atomic mass is 79.9. The van der Waals surface area contributed by atoms with Gasteiger partial charge in [0.15, 0.2) is 11.5 Å². The number of ether oxygens (including phenoxy) is 3. The van der Waals surface area contributed by atoms with Gasteiger partial charge < -0.3 is 14.2 Å². The Morgan fingerprint density at radius 3 is 2.36 bits per heavy atom. The van der Waals surface area contributed by atoms with E-state index in [2.05, 4.69) is 26.5 Å². The average molecular weight is 449 g/mol. The van der Waals surface area contributed by atoms with Crippen molar-refractivity contribution in [1.29, 1.82) is 0 Å². The molecule has 28 heavy (non-hydrogen) atoms. The van der Waals surface area contributed by atoms with Crippen LogP contribution < -0.4 is 14.9 Å². The van der Waals surface area contributed by atoms with Crippen molar-refractivity contribution in [3.63, 3.8) is 0 Å². The Balaban J connectivity index is 2.05. The summed E-state index contributed by atoms with van der Waals surface area (Å²) in [5.41, 5.74) is 2.72. The van der Waals surface area contributed by atoms with Crippen LogP contribution in [0.15, 0.2) is 52.0 Å². The van der Waals surface area contributed by atoms with Crippen LogP contribution in [-0.2, 0) is 4.74 Å². The molecule has 0 aliphatic rings. The van der Waals surface area contributed by atoms with Crippen LogP contribution in [0.2, 0.25) is 0 Å². The number of methoxy groups -OCH3 is 1. The maximum absolute atomic E-state index is 12.3. The lowest BCUT2D eigenvalue weighted by Crippen LogP contribution is -2.29. The first kappa shape index (κ1) is 21.4. The molecule has 1 amide bonds. The van der Waals surface area contributed by atoms with E-state index in [1.165, 1.54) is 13.3 Å². The van der Waals surface area contributed by atoms with Crippen LogP contribution in [0.5, 0.6) is 11.5 Å². The maximum Gasteiger partial charge on any atom is 0.428 e. The molecule has 0 saturated heterocycles. The molecule has 0 aromatic heterocycles. The van der Waals surface area contributed by atoms with E-state index in [0.29, 0.717) is 16.9 Å². The SMILES string of the molecule is COc1cc(/C=N\NC(=O)OC(C)(C)C)ccc1OC(=O)c1ccc(Br)cc1. The molecule has 8 heteroatoms. The van der Waals surface area contributed by atoms with Crippen molar-refractivity contribution in [1.82, 2.24) is 5.43 Å². The summed E-state index contributed by atoms with van der Waals surface area (Å²) >= 11 is 3.32. The molecular weight excluding hydrogens is 428 g/mol. The monoisotopic (exact) mass is 448 g/mol. The van der Waals surface area contributed by atoms with Crippen molar-refractivity contribution in [2.24, 2.45) is 5.10 Å². The van der Waals surface area contributed by atoms with E-state index in [-0.39, 0.29) is 5.75 Å². The predicted octanol–water partition coefficient (Wildman–Crippen LogP) is 4.54. The quantitative estimate of drug-likeness (QED) is 0.314. The zero-order valence-corrected chi connectivity index (χ0v) is 17.6. The number of hydrogen-bond acceptors (Lipinski definition) is 6. The van der Waals surface area contributed by atoms with E-state index >= 15 is 0 Å². The summed E-state index contributed by atoms with van der Waals surface area (Å²) in [5.74, 6) is 0.123. The minimum atomic E-state index is -0.657. The number of hydrazone groups is 1. The second-order valence-electron chi connectivity index (χ2n) is 6.68. The Hall–Kier alpha value is -2.87. The molecule has 0 atom stereocenters. The fourth-order valence-corrected chi connectivity index (χ4v) is 2.32. The van der Waals surface area contributed by atoms with Crippen LogP contribution in [0.1, 0.15) is 36.7 Å². The third-order valence-electron chi connectivity index (χ3n) is 3.24. The van der Waals surface area contributed by atoms with Crippen LogP contribution in [-0.4, -0.2) is 31.0 Å². The van der Waals surface area contributed by atoms with E-state index < -0.39 is 17.7 Å². The molecule has 0 aliphatic heterocycles. The summed E-state index contributed by atoms with van der Waals surface area (Å²) < 4.78 is 16.6. The van der Waals surface area contributed by atoms with Gasteiger partial charge in [0.2, 0.25) is 0 Å². The van der Waals surface area contributed by atoms with Crippen LogP contribution >= 0.6 is 15.9 Å². The number of carbonyl (C=O) groups is 2. The molecule has 0 unspecified atom stereocenters. The standard InChI is InChI=1S/C20H21BrN2O5/c1-20(2,3)28-19(25)23-22-12-13-5-10-16(17(11-13)26-4)27-18(24)14-6-8-15(21)9-7-14/h5-12H,1-4H3,(H,23,25)/b22-12-. The van der Waals surface area contributed by atoms with Crippen LogP contribution in [0, 0.1) is 0 Å². The molecule has 0 aliphatic carbocycles. The first-order chi connectivity index (χ1) is 13.2. The van der Waals surface area contributed by atoms with Crippen molar-refractivity contribution >= 4 is 34.2 Å². The smallest absolute Gasteiger partial charge is 0.428 e. The first-order valence-corrected chi connectivity index (χ1v) is 9.15. The van der Waals surface area contributed by atoms with E-state index in [1.54, 1.807) is 63.2 Å². The molecule has 0 bridgehead atoms. The number of benzene rings is 2. The fraction of sp³-hybridized carbons (Fsp3) is 0.250. The van der Waals surface area contributed by atoms with Crippen LogP contribution in [0.3, 0.4) is 0 Å². The molecule has 2 aromatic rings. The third kappa shape index (κ3) is 6.70. The lowest BCUT2D eigenvalue weighted by Gasteiger charge is -2.18. The number of rotatable bonds is 5. The largest absolute Gasteiger partial charge is 0.493 e. The summed E-state index contributed by atoms with van der Waals surface area (Å²) in [6.45, 7) is 5.28. The van der Waals surface area contributed by atoms with Crippen molar-refractivity contribution in [2.75, 3.05) is 7.11 Å². The molecule has 7 nitrogen and oxygen atoms in total. The molecule has 0 fully saturated rings. The van der Waals surface area contributed by atoms with E-state index in [1.807, 2.05) is 0 Å². The van der Waals surface area contributed by atoms with Gasteiger partial charge in [-0.3, -0.25) is 0 Å². The van der Waals surface area contributed by atoms with E-state index in [4.69, 9.17) is 14.2 Å². The molecule has 0 saturated carbocycles. The summed E-state index contributed by atoms with van der Waals surface area (Å²) in [5, 5.41) is 3.83. The molecule has 0 spiro atoms. The predicted molar refractivity (Wildman–Crippen MR) is 109 cm³/mol. The van der Waals surface area contributed by atoms with Gasteiger partial charge in [0.25, 0.3) is 0 Å². The Kier molecular flexibility index (Phi) is 7.17. The molecule has 2 rings (SSSR count). The van der Waals surface area contributed by atoms with Gasteiger partial charge in [0.05, 0.1) is 18.9 Å². The van der Waals surface area contributed by atoms with Crippen molar-refractivity contribution < 1.29 is 23.8 Å². The normalized spacial score (nSPS) is 11.2. The van der Waals surface area contributed by atoms with E-state index in [9.17, 15) is 9.59 Å². The highest BCUT2D eigenvalue weighted by Crippen LogP contribution is 2.28. The molecule has 0 radical (unpaired) electrons. The number of halogens is 1. The topological polar surface area (TPSA) is 86.2 Å². The summed E-state index contributed by atoms with van der Waals surface area (Å²) in [7, 11) is 1.46. The lowest BCUT2D eigenvalue weighted by atomic mass is 10.2. The highest BCUT2D eigenvalue weighted by molar-refractivity contribution is 9.10. The minimum absolute atomic E-state index is 0.271. The second-order valence-corrected chi connectivity index (χ2v) is 7.59. The number of amides is 1. The number of nitrogens with zero attached hydrogens (tertiary/aromatic N) is 1. The van der Waals surface area contributed by atoms with E-state index in [0.717, 1.165) is 4.47 Å². The fourth-order valence-electron chi connectivity index (χ4n) is 2.05. The number of carbonyl (C=O) groups excluding carboxylic acids is 2. The zero-order valence-electron chi connectivity index (χ0n) is 16.0. The van der Waals surface area contributed by atoms with Crippen molar-refractivity contribution in [3.8, 4) is 11.5 Å². The van der Waals surface area contributed by atoms with Gasteiger partial charge >= 0.3 is 12.1 Å². The third-order valence-corrected chi connectivity index (χ3v) is 3.77. The molecule has 1 N–H and O–H groups in total. The van der Waals surface area contributed by atoms with Gasteiger partial charge in [-0.25, -0.2) is 15.0 Å². The van der Waals surface area contributed by atoms with Gasteiger partial charge in [-0.2, -0.15) is 5.10 Å². The number of hydrogen-bond donors (Lipinski definition) is 1. The lowest BCUT2D eigenvalue weighted by molar-refractivity contribution is 0.0529. The Bertz CT molecular complexity index is 873. The highest BCUT2D eigenvalue weighted by Gasteiger charge is 2.15. The number of esters is 1. The van der Waals surface area contributed by atoms with Gasteiger partial charge in [0, 0.05) is 4.47 Å². The Labute approximate surface area is 171 Å². The summed E-state index contributed by atoms with van der Waals surface area (Å²) in [6.07, 6.45) is 0.767. The van der Waals surface area contributed by atoms with Crippen LogP contribution in [0.25, 0.3) is 0 Å². The average Bonchev–Trinajstić information content (AvgIpc) is 2.61. The van der Waals surface area contributed by atoms with Gasteiger partial charge in [0.1, 0.15) is 5.60 Å². The van der Waals surface area contributed by atoms with Gasteiger partial charge in [-0.05, 0) is 68.8 Å². The molecule has 0 heterocycles. The summed E-state index contributed by atoms with van der Waals surface area (Å²) in [4.78, 5) is 23.8. The van der Waals surface area contributed by atoms with Gasteiger partial charge in [-0.15, -0.1) is 0 Å². The summed E-state index contributed by atoms with van der Waals surface area (Å²) in [6, 6.07) is 11.7. The van der Waals surface area contributed by atoms with Crippen molar-refractivity contribution in [2.45, 2.75) is 26.4 Å². The Morgan fingerprint density at radius 1 is 1.07 bits per heavy atom. The van der Waals surface area contributed by atoms with Crippen LogP contribution in [0.4, 0.5) is 4.79 Å².